The fraction of sp³-hybridized carbons (Fsp3) is 0.550. The van der Waals surface area contributed by atoms with Crippen LogP contribution in [0.15, 0.2) is 22.7 Å². The molecular formula is C20H28N2O2. The molecule has 4 nitrogen and oxygen atoms in total. The molecule has 0 unspecified atom stereocenters. The number of likely N-dealkylation sites (tertiary alicyclic amines) is 1. The van der Waals surface area contributed by atoms with E-state index < -0.39 is 0 Å². The Morgan fingerprint density at radius 2 is 1.96 bits per heavy atom. The smallest absolute Gasteiger partial charge is 0.154 e. The zero-order chi connectivity index (χ0) is 17.1. The van der Waals surface area contributed by atoms with Crippen molar-refractivity contribution < 1.29 is 9.26 Å². The van der Waals surface area contributed by atoms with Crippen LogP contribution in [0.1, 0.15) is 59.9 Å². The molecule has 2 heterocycles. The van der Waals surface area contributed by atoms with Crippen molar-refractivity contribution in [2.24, 2.45) is 0 Å². The van der Waals surface area contributed by atoms with Crippen molar-refractivity contribution in [2.75, 3.05) is 13.7 Å². The molecule has 0 bridgehead atoms. The molecule has 1 aromatic carbocycles. The molecule has 24 heavy (non-hydrogen) atoms. The molecule has 3 rings (SSSR count). The first-order chi connectivity index (χ1) is 11.6. The third-order valence-electron chi connectivity index (χ3n) is 5.07. The maximum atomic E-state index is 5.61. The first-order valence-corrected chi connectivity index (χ1v) is 8.90. The number of nitrogens with zero attached hydrogens (tertiary/aromatic N) is 2. The molecule has 1 aromatic heterocycles. The second-order valence-corrected chi connectivity index (χ2v) is 6.95. The second-order valence-electron chi connectivity index (χ2n) is 6.95. The van der Waals surface area contributed by atoms with Gasteiger partial charge in [-0.25, -0.2) is 0 Å². The van der Waals surface area contributed by atoms with Crippen LogP contribution in [0.2, 0.25) is 0 Å². The minimum absolute atomic E-state index is 0.329. The third kappa shape index (κ3) is 3.64. The molecule has 2 aromatic rings. The molecule has 0 N–H and O–H groups in total. The van der Waals surface area contributed by atoms with Gasteiger partial charge in [0.2, 0.25) is 0 Å². The lowest BCUT2D eigenvalue weighted by atomic mass is 10.0. The topological polar surface area (TPSA) is 38.5 Å². The summed E-state index contributed by atoms with van der Waals surface area (Å²) in [5, 5.41) is 4.10. The van der Waals surface area contributed by atoms with Gasteiger partial charge in [0.1, 0.15) is 5.75 Å². The lowest BCUT2D eigenvalue weighted by Crippen LogP contribution is -2.28. The van der Waals surface area contributed by atoms with Crippen LogP contribution in [0.25, 0.3) is 0 Å². The Hall–Kier alpha value is -1.81. The Morgan fingerprint density at radius 3 is 2.67 bits per heavy atom. The van der Waals surface area contributed by atoms with Gasteiger partial charge in [0.25, 0.3) is 0 Å². The van der Waals surface area contributed by atoms with Gasteiger partial charge in [-0.2, -0.15) is 0 Å². The van der Waals surface area contributed by atoms with Crippen molar-refractivity contribution in [1.82, 2.24) is 10.1 Å². The van der Waals surface area contributed by atoms with Gasteiger partial charge in [-0.1, -0.05) is 24.1 Å². The fourth-order valence-electron chi connectivity index (χ4n) is 3.68. The Bertz CT molecular complexity index is 693. The van der Waals surface area contributed by atoms with E-state index in [0.717, 1.165) is 36.7 Å². The molecule has 0 aliphatic carbocycles. The summed E-state index contributed by atoms with van der Waals surface area (Å²) in [5.74, 6) is 1.98. The van der Waals surface area contributed by atoms with E-state index in [1.54, 1.807) is 7.11 Å². The second kappa shape index (κ2) is 7.39. The first kappa shape index (κ1) is 17.0. The molecular weight excluding hydrogens is 300 g/mol. The highest BCUT2D eigenvalue weighted by Gasteiger charge is 2.26. The number of hydrogen-bond acceptors (Lipinski definition) is 4. The number of ether oxygens (including phenoxy) is 1. The summed E-state index contributed by atoms with van der Waals surface area (Å²) in [5.41, 5.74) is 4.82. The molecule has 0 saturated carbocycles. The molecule has 1 saturated heterocycles. The zero-order valence-electron chi connectivity index (χ0n) is 15.3. The third-order valence-corrected chi connectivity index (χ3v) is 5.07. The van der Waals surface area contributed by atoms with Gasteiger partial charge in [-0.05, 0) is 62.9 Å². The molecule has 130 valence electrons. The van der Waals surface area contributed by atoms with E-state index >= 15 is 0 Å². The van der Waals surface area contributed by atoms with Crippen molar-refractivity contribution in [3.8, 4) is 5.75 Å². The van der Waals surface area contributed by atoms with Crippen LogP contribution in [0.5, 0.6) is 5.75 Å². The number of benzene rings is 1. The van der Waals surface area contributed by atoms with Crippen molar-refractivity contribution in [1.29, 1.82) is 0 Å². The summed E-state index contributed by atoms with van der Waals surface area (Å²) >= 11 is 0. The van der Waals surface area contributed by atoms with Gasteiger partial charge < -0.3 is 9.26 Å². The van der Waals surface area contributed by atoms with E-state index in [1.807, 2.05) is 6.92 Å². The van der Waals surface area contributed by atoms with E-state index in [2.05, 4.69) is 42.1 Å². The number of methoxy groups -OCH3 is 1. The lowest BCUT2D eigenvalue weighted by Gasteiger charge is -2.29. The number of rotatable bonds is 4. The van der Waals surface area contributed by atoms with E-state index in [0.29, 0.717) is 6.04 Å². The maximum absolute atomic E-state index is 5.61. The SMILES string of the molecule is COc1cc(C)c(CN2CCCCC[C@@H]2c2cc(C)no2)cc1C. The Labute approximate surface area is 144 Å². The van der Waals surface area contributed by atoms with Crippen molar-refractivity contribution >= 4 is 0 Å². The summed E-state index contributed by atoms with van der Waals surface area (Å²) < 4.78 is 11.1. The van der Waals surface area contributed by atoms with E-state index in [4.69, 9.17) is 9.26 Å². The molecule has 1 aliphatic rings. The predicted molar refractivity (Wildman–Crippen MR) is 95.3 cm³/mol. The van der Waals surface area contributed by atoms with Gasteiger partial charge in [-0.15, -0.1) is 0 Å². The largest absolute Gasteiger partial charge is 0.496 e. The quantitative estimate of drug-likeness (QED) is 0.813. The predicted octanol–water partition coefficient (Wildman–Crippen LogP) is 4.73. The molecule has 0 amide bonds. The van der Waals surface area contributed by atoms with E-state index in [1.165, 1.54) is 36.0 Å². The average molecular weight is 328 g/mol. The molecule has 1 atom stereocenters. The molecule has 1 aliphatic heterocycles. The fourth-order valence-corrected chi connectivity index (χ4v) is 3.68. The van der Waals surface area contributed by atoms with Gasteiger partial charge in [0.15, 0.2) is 5.76 Å². The zero-order valence-corrected chi connectivity index (χ0v) is 15.3. The number of hydrogen-bond donors (Lipinski definition) is 0. The van der Waals surface area contributed by atoms with Gasteiger partial charge in [0.05, 0.1) is 18.8 Å². The van der Waals surface area contributed by atoms with Gasteiger partial charge in [0, 0.05) is 12.6 Å². The number of aromatic nitrogens is 1. The molecule has 1 fully saturated rings. The van der Waals surface area contributed by atoms with Crippen LogP contribution in [-0.4, -0.2) is 23.7 Å². The lowest BCUT2D eigenvalue weighted by molar-refractivity contribution is 0.159. The summed E-state index contributed by atoms with van der Waals surface area (Å²) in [6, 6.07) is 6.84. The minimum atomic E-state index is 0.329. The first-order valence-electron chi connectivity index (χ1n) is 8.90. The van der Waals surface area contributed by atoms with Gasteiger partial charge in [-0.3, -0.25) is 4.90 Å². The maximum Gasteiger partial charge on any atom is 0.154 e. The summed E-state index contributed by atoms with van der Waals surface area (Å²) in [4.78, 5) is 2.56. The van der Waals surface area contributed by atoms with Crippen LogP contribution in [-0.2, 0) is 6.54 Å². The Kier molecular flexibility index (Phi) is 5.24. The Balaban J connectivity index is 1.86. The summed E-state index contributed by atoms with van der Waals surface area (Å²) in [7, 11) is 1.73. The highest BCUT2D eigenvalue weighted by atomic mass is 16.5. The van der Waals surface area contributed by atoms with E-state index in [-0.39, 0.29) is 0 Å². The van der Waals surface area contributed by atoms with Crippen LogP contribution < -0.4 is 4.74 Å². The molecule has 4 heteroatoms. The van der Waals surface area contributed by atoms with Gasteiger partial charge >= 0.3 is 0 Å². The minimum Gasteiger partial charge on any atom is -0.496 e. The molecule has 0 radical (unpaired) electrons. The standard InChI is InChI=1S/C20H28N2O2/c1-14-11-19(23-4)15(2)10-17(14)13-22-9-7-5-6-8-18(22)20-12-16(3)21-24-20/h10-12,18H,5-9,13H2,1-4H3/t18-/m1/s1. The molecule has 0 spiro atoms. The highest BCUT2D eigenvalue weighted by molar-refractivity contribution is 5.41. The highest BCUT2D eigenvalue weighted by Crippen LogP contribution is 2.33. The normalized spacial score (nSPS) is 19.2. The van der Waals surface area contributed by atoms with Crippen LogP contribution in [0.4, 0.5) is 0 Å². The monoisotopic (exact) mass is 328 g/mol. The average Bonchev–Trinajstić information content (AvgIpc) is 2.85. The van der Waals surface area contributed by atoms with Crippen LogP contribution in [0.3, 0.4) is 0 Å². The van der Waals surface area contributed by atoms with E-state index in [9.17, 15) is 0 Å². The van der Waals surface area contributed by atoms with Crippen molar-refractivity contribution in [3.63, 3.8) is 0 Å². The van der Waals surface area contributed by atoms with Crippen molar-refractivity contribution in [2.45, 2.75) is 59.0 Å². The Morgan fingerprint density at radius 1 is 1.12 bits per heavy atom. The number of aryl methyl sites for hydroxylation is 3. The summed E-state index contributed by atoms with van der Waals surface area (Å²) in [6.07, 6.45) is 4.93. The van der Waals surface area contributed by atoms with Crippen molar-refractivity contribution in [3.05, 3.63) is 46.3 Å². The van der Waals surface area contributed by atoms with Crippen LogP contribution in [0, 0.1) is 20.8 Å². The summed E-state index contributed by atoms with van der Waals surface area (Å²) in [6.45, 7) is 8.32. The van der Waals surface area contributed by atoms with Crippen LogP contribution >= 0.6 is 0 Å².